The highest BCUT2D eigenvalue weighted by molar-refractivity contribution is 6.32. The number of aromatic nitrogens is 1. The van der Waals surface area contributed by atoms with Gasteiger partial charge in [0, 0.05) is 24.7 Å². The lowest BCUT2D eigenvalue weighted by atomic mass is 10.1. The van der Waals surface area contributed by atoms with Crippen LogP contribution in [0.3, 0.4) is 0 Å². The standard InChI is InChI=1S/C22H29ClN4O5/c1-14(2)7-9-24-21(28)18-13-32-20(25-18)12-26(10-8-15(3)4)22(29)16-5-6-17(23)19(11-16)27(30)31/h5-6,11,13-15H,7-10,12H2,1-4H3,(H,24,28). The molecular weight excluding hydrogens is 436 g/mol. The first-order valence-electron chi connectivity index (χ1n) is 10.5. The van der Waals surface area contributed by atoms with E-state index in [2.05, 4.69) is 24.1 Å². The Morgan fingerprint density at radius 2 is 1.91 bits per heavy atom. The maximum Gasteiger partial charge on any atom is 0.288 e. The van der Waals surface area contributed by atoms with E-state index < -0.39 is 10.8 Å². The first-order chi connectivity index (χ1) is 15.1. The summed E-state index contributed by atoms with van der Waals surface area (Å²) in [6.07, 6.45) is 2.82. The van der Waals surface area contributed by atoms with E-state index >= 15 is 0 Å². The summed E-state index contributed by atoms with van der Waals surface area (Å²) in [5.74, 6) is 0.254. The van der Waals surface area contributed by atoms with E-state index in [1.807, 2.05) is 13.8 Å². The summed E-state index contributed by atoms with van der Waals surface area (Å²) < 4.78 is 5.42. The normalized spacial score (nSPS) is 11.1. The minimum atomic E-state index is -0.629. The molecule has 1 heterocycles. The Hall–Kier alpha value is -2.94. The number of nitro benzene ring substituents is 1. The molecule has 0 unspecified atom stereocenters. The zero-order chi connectivity index (χ0) is 23.8. The third-order valence-electron chi connectivity index (χ3n) is 4.77. The highest BCUT2D eigenvalue weighted by atomic mass is 35.5. The lowest BCUT2D eigenvalue weighted by Crippen LogP contribution is -2.32. The van der Waals surface area contributed by atoms with Crippen molar-refractivity contribution in [2.75, 3.05) is 13.1 Å². The average Bonchev–Trinajstić information content (AvgIpc) is 3.19. The predicted octanol–water partition coefficient (Wildman–Crippen LogP) is 4.70. The lowest BCUT2D eigenvalue weighted by Gasteiger charge is -2.22. The summed E-state index contributed by atoms with van der Waals surface area (Å²) in [5.41, 5.74) is -0.0528. The third-order valence-corrected chi connectivity index (χ3v) is 5.09. The quantitative estimate of drug-likeness (QED) is 0.380. The molecule has 0 aliphatic rings. The molecule has 0 spiro atoms. The van der Waals surface area contributed by atoms with Crippen LogP contribution < -0.4 is 5.32 Å². The number of oxazole rings is 1. The molecule has 9 nitrogen and oxygen atoms in total. The monoisotopic (exact) mass is 464 g/mol. The Kier molecular flexibility index (Phi) is 9.19. The molecule has 0 saturated carbocycles. The zero-order valence-corrected chi connectivity index (χ0v) is 19.5. The van der Waals surface area contributed by atoms with Crippen LogP contribution in [0, 0.1) is 22.0 Å². The molecule has 0 fully saturated rings. The molecule has 2 amide bonds. The molecule has 1 aromatic carbocycles. The molecule has 0 aliphatic heterocycles. The van der Waals surface area contributed by atoms with Gasteiger partial charge in [0.15, 0.2) is 5.69 Å². The van der Waals surface area contributed by atoms with E-state index in [4.69, 9.17) is 16.0 Å². The lowest BCUT2D eigenvalue weighted by molar-refractivity contribution is -0.384. The number of halogens is 1. The van der Waals surface area contributed by atoms with Gasteiger partial charge >= 0.3 is 0 Å². The number of nitrogens with one attached hydrogen (secondary N) is 1. The summed E-state index contributed by atoms with van der Waals surface area (Å²) in [4.78, 5) is 41.6. The van der Waals surface area contributed by atoms with E-state index in [0.717, 1.165) is 12.5 Å². The number of benzene rings is 1. The van der Waals surface area contributed by atoms with Crippen molar-refractivity contribution in [1.29, 1.82) is 0 Å². The molecule has 174 valence electrons. The van der Waals surface area contributed by atoms with Crippen molar-refractivity contribution in [3.63, 3.8) is 0 Å². The summed E-state index contributed by atoms with van der Waals surface area (Å²) in [7, 11) is 0. The van der Waals surface area contributed by atoms with Gasteiger partial charge in [-0.15, -0.1) is 0 Å². The smallest absolute Gasteiger partial charge is 0.288 e. The number of nitrogens with zero attached hydrogens (tertiary/aromatic N) is 3. The van der Waals surface area contributed by atoms with Crippen LogP contribution in [0.2, 0.25) is 5.02 Å². The number of amides is 2. The van der Waals surface area contributed by atoms with Gasteiger partial charge in [0.05, 0.1) is 11.5 Å². The maximum absolute atomic E-state index is 13.1. The Balaban J connectivity index is 2.17. The Morgan fingerprint density at radius 3 is 2.53 bits per heavy atom. The van der Waals surface area contributed by atoms with Gasteiger partial charge in [0.1, 0.15) is 11.3 Å². The van der Waals surface area contributed by atoms with Gasteiger partial charge < -0.3 is 14.6 Å². The van der Waals surface area contributed by atoms with Crippen molar-refractivity contribution >= 4 is 29.1 Å². The van der Waals surface area contributed by atoms with Crippen LogP contribution in [0.5, 0.6) is 0 Å². The van der Waals surface area contributed by atoms with E-state index in [1.54, 1.807) is 0 Å². The van der Waals surface area contributed by atoms with Gasteiger partial charge in [-0.3, -0.25) is 19.7 Å². The van der Waals surface area contributed by atoms with Crippen molar-refractivity contribution in [3.8, 4) is 0 Å². The third kappa shape index (κ3) is 7.33. The summed E-state index contributed by atoms with van der Waals surface area (Å²) in [6.45, 7) is 9.15. The molecule has 0 radical (unpaired) electrons. The zero-order valence-electron chi connectivity index (χ0n) is 18.8. The summed E-state index contributed by atoms with van der Waals surface area (Å²) in [5, 5.41) is 13.9. The second kappa shape index (κ2) is 11.6. The minimum Gasteiger partial charge on any atom is -0.446 e. The van der Waals surface area contributed by atoms with Crippen LogP contribution >= 0.6 is 11.6 Å². The molecule has 1 aromatic heterocycles. The number of rotatable bonds is 11. The van der Waals surface area contributed by atoms with Crippen molar-refractivity contribution < 1.29 is 18.9 Å². The second-order valence-corrected chi connectivity index (χ2v) is 8.80. The number of hydrogen-bond donors (Lipinski definition) is 1. The van der Waals surface area contributed by atoms with Gasteiger partial charge in [-0.2, -0.15) is 0 Å². The number of nitro groups is 1. The van der Waals surface area contributed by atoms with Crippen molar-refractivity contribution in [3.05, 3.63) is 56.7 Å². The summed E-state index contributed by atoms with van der Waals surface area (Å²) >= 11 is 5.86. The van der Waals surface area contributed by atoms with Gasteiger partial charge in [-0.05, 0) is 36.8 Å². The Labute approximate surface area is 192 Å². The summed E-state index contributed by atoms with van der Waals surface area (Å²) in [6, 6.07) is 3.94. The maximum atomic E-state index is 13.1. The topological polar surface area (TPSA) is 119 Å². The highest BCUT2D eigenvalue weighted by Crippen LogP contribution is 2.26. The van der Waals surface area contributed by atoms with Crippen molar-refractivity contribution in [1.82, 2.24) is 15.2 Å². The van der Waals surface area contributed by atoms with Crippen LogP contribution in [0.15, 0.2) is 28.9 Å². The van der Waals surface area contributed by atoms with Crippen LogP contribution in [0.4, 0.5) is 5.69 Å². The molecule has 2 rings (SSSR count). The fourth-order valence-corrected chi connectivity index (χ4v) is 3.04. The van der Waals surface area contributed by atoms with Crippen LogP contribution in [-0.2, 0) is 6.54 Å². The SMILES string of the molecule is CC(C)CCNC(=O)c1coc(CN(CCC(C)C)C(=O)c2ccc(Cl)c([N+](=O)[O-])c2)n1. The van der Waals surface area contributed by atoms with E-state index in [1.165, 1.54) is 23.3 Å². The number of carbonyl (C=O) groups excluding carboxylic acids is 2. The van der Waals surface area contributed by atoms with Gasteiger partial charge in [-0.25, -0.2) is 4.98 Å². The molecule has 0 aliphatic carbocycles. The predicted molar refractivity (Wildman–Crippen MR) is 121 cm³/mol. The molecule has 0 bridgehead atoms. The first kappa shape index (κ1) is 25.3. The van der Waals surface area contributed by atoms with Crippen molar-refractivity contribution in [2.24, 2.45) is 11.8 Å². The van der Waals surface area contributed by atoms with Gasteiger partial charge in [0.25, 0.3) is 17.5 Å². The van der Waals surface area contributed by atoms with Crippen LogP contribution in [-0.4, -0.2) is 39.7 Å². The molecular formula is C22H29ClN4O5. The number of carbonyl (C=O) groups is 2. The minimum absolute atomic E-state index is 0.0290. The largest absolute Gasteiger partial charge is 0.446 e. The molecule has 32 heavy (non-hydrogen) atoms. The van der Waals surface area contributed by atoms with Gasteiger partial charge in [0.2, 0.25) is 5.89 Å². The molecule has 2 aromatic rings. The van der Waals surface area contributed by atoms with E-state index in [-0.39, 0.29) is 40.3 Å². The van der Waals surface area contributed by atoms with E-state index in [9.17, 15) is 19.7 Å². The van der Waals surface area contributed by atoms with Crippen LogP contribution in [0.1, 0.15) is 67.3 Å². The fourth-order valence-electron chi connectivity index (χ4n) is 2.85. The highest BCUT2D eigenvalue weighted by Gasteiger charge is 2.23. The first-order valence-corrected chi connectivity index (χ1v) is 10.9. The number of hydrogen-bond acceptors (Lipinski definition) is 6. The average molecular weight is 465 g/mol. The van der Waals surface area contributed by atoms with Crippen LogP contribution in [0.25, 0.3) is 0 Å². The molecule has 1 N–H and O–H groups in total. The Bertz CT molecular complexity index is 958. The molecule has 10 heteroatoms. The van der Waals surface area contributed by atoms with Gasteiger partial charge in [-0.1, -0.05) is 39.3 Å². The van der Waals surface area contributed by atoms with Crippen molar-refractivity contribution in [2.45, 2.75) is 47.1 Å². The Morgan fingerprint density at radius 1 is 1.22 bits per heavy atom. The van der Waals surface area contributed by atoms with E-state index in [0.29, 0.717) is 31.3 Å². The molecule has 0 saturated heterocycles. The molecule has 0 atom stereocenters. The fraction of sp³-hybridized carbons (Fsp3) is 0.500. The second-order valence-electron chi connectivity index (χ2n) is 8.40.